The Kier molecular flexibility index (Phi) is 4.95. The molecule has 1 aromatic rings. The molecule has 0 saturated carbocycles. The minimum atomic E-state index is -0.227. The summed E-state index contributed by atoms with van der Waals surface area (Å²) in [6, 6.07) is 1.47. The third-order valence-electron chi connectivity index (χ3n) is 2.96. The highest BCUT2D eigenvalue weighted by molar-refractivity contribution is 6.29. The fraction of sp³-hybridized carbons (Fsp3) is 0.500. The predicted octanol–water partition coefficient (Wildman–Crippen LogP) is 0.379. The van der Waals surface area contributed by atoms with Gasteiger partial charge in [0.2, 0.25) is 0 Å². The van der Waals surface area contributed by atoms with E-state index < -0.39 is 0 Å². The monoisotopic (exact) mass is 284 g/mol. The van der Waals surface area contributed by atoms with Crippen LogP contribution < -0.4 is 11.1 Å². The molecule has 1 fully saturated rings. The van der Waals surface area contributed by atoms with Gasteiger partial charge in [-0.05, 0) is 6.07 Å². The normalized spacial score (nSPS) is 16.3. The summed E-state index contributed by atoms with van der Waals surface area (Å²) in [5.74, 6) is -0.227. The first-order valence-corrected chi connectivity index (χ1v) is 6.54. The van der Waals surface area contributed by atoms with Crippen LogP contribution in [0.1, 0.15) is 10.4 Å². The van der Waals surface area contributed by atoms with Crippen molar-refractivity contribution in [3.63, 3.8) is 0 Å². The van der Waals surface area contributed by atoms with Crippen LogP contribution in [0.3, 0.4) is 0 Å². The fourth-order valence-electron chi connectivity index (χ4n) is 1.88. The molecule has 1 aliphatic rings. The quantitative estimate of drug-likeness (QED) is 0.781. The second-order valence-electron chi connectivity index (χ2n) is 4.30. The summed E-state index contributed by atoms with van der Waals surface area (Å²) in [7, 11) is 0. The molecule has 0 aromatic carbocycles. The first kappa shape index (κ1) is 14.0. The van der Waals surface area contributed by atoms with E-state index in [1.807, 2.05) is 0 Å². The van der Waals surface area contributed by atoms with Crippen molar-refractivity contribution in [2.75, 3.05) is 45.1 Å². The number of halogens is 1. The van der Waals surface area contributed by atoms with Gasteiger partial charge in [-0.2, -0.15) is 0 Å². The number of anilines is 1. The summed E-state index contributed by atoms with van der Waals surface area (Å²) in [6.07, 6.45) is 1.39. The minimum absolute atomic E-state index is 0.227. The number of hydrogen-bond acceptors (Lipinski definition) is 5. The smallest absolute Gasteiger partial charge is 0.253 e. The molecule has 1 amide bonds. The van der Waals surface area contributed by atoms with Crippen molar-refractivity contribution in [2.24, 2.45) is 0 Å². The number of hydrogen-bond donors (Lipinski definition) is 2. The van der Waals surface area contributed by atoms with E-state index in [4.69, 9.17) is 22.1 Å². The van der Waals surface area contributed by atoms with Gasteiger partial charge >= 0.3 is 0 Å². The first-order chi connectivity index (χ1) is 9.16. The zero-order valence-corrected chi connectivity index (χ0v) is 11.3. The van der Waals surface area contributed by atoms with Crippen LogP contribution in [0.4, 0.5) is 5.69 Å². The van der Waals surface area contributed by atoms with E-state index in [9.17, 15) is 4.79 Å². The summed E-state index contributed by atoms with van der Waals surface area (Å²) in [4.78, 5) is 18.0. The molecule has 3 N–H and O–H groups in total. The molecular formula is C12H17ClN4O2. The summed E-state index contributed by atoms with van der Waals surface area (Å²) in [5, 5.41) is 3.08. The molecule has 1 aromatic heterocycles. The van der Waals surface area contributed by atoms with Gasteiger partial charge in [-0.3, -0.25) is 9.69 Å². The molecule has 7 heteroatoms. The molecule has 0 atom stereocenters. The van der Waals surface area contributed by atoms with Crippen molar-refractivity contribution in [3.8, 4) is 0 Å². The molecule has 0 bridgehead atoms. The second-order valence-corrected chi connectivity index (χ2v) is 4.69. The van der Waals surface area contributed by atoms with Gasteiger partial charge in [0.15, 0.2) is 0 Å². The number of morpholine rings is 1. The van der Waals surface area contributed by atoms with E-state index in [0.717, 1.165) is 32.8 Å². The number of nitrogen functional groups attached to an aromatic ring is 1. The van der Waals surface area contributed by atoms with E-state index >= 15 is 0 Å². The molecule has 1 saturated heterocycles. The molecule has 1 aliphatic heterocycles. The van der Waals surface area contributed by atoms with Crippen LogP contribution in [0, 0.1) is 0 Å². The lowest BCUT2D eigenvalue weighted by atomic mass is 10.2. The van der Waals surface area contributed by atoms with Crippen molar-refractivity contribution in [2.45, 2.75) is 0 Å². The van der Waals surface area contributed by atoms with Crippen LogP contribution in [0.25, 0.3) is 0 Å². The topological polar surface area (TPSA) is 80.5 Å². The average Bonchev–Trinajstić information content (AvgIpc) is 2.42. The van der Waals surface area contributed by atoms with Crippen LogP contribution >= 0.6 is 11.6 Å². The Balaban J connectivity index is 1.82. The Morgan fingerprint density at radius 1 is 1.53 bits per heavy atom. The number of pyridine rings is 1. The highest BCUT2D eigenvalue weighted by atomic mass is 35.5. The maximum Gasteiger partial charge on any atom is 0.253 e. The van der Waals surface area contributed by atoms with Crippen LogP contribution in [0.15, 0.2) is 12.3 Å². The molecule has 0 unspecified atom stereocenters. The molecule has 104 valence electrons. The van der Waals surface area contributed by atoms with Gasteiger partial charge in [-0.1, -0.05) is 11.6 Å². The van der Waals surface area contributed by atoms with Crippen LogP contribution in [0.5, 0.6) is 0 Å². The molecule has 19 heavy (non-hydrogen) atoms. The maximum atomic E-state index is 11.9. The number of carbonyl (C=O) groups is 1. The van der Waals surface area contributed by atoms with Crippen molar-refractivity contribution in [3.05, 3.63) is 23.0 Å². The number of carbonyl (C=O) groups excluding carboxylic acids is 1. The molecule has 0 spiro atoms. The SMILES string of the molecule is Nc1cnc(Cl)cc1C(=O)NCCN1CCOCC1. The zero-order chi connectivity index (χ0) is 13.7. The number of ether oxygens (including phenoxy) is 1. The van der Waals surface area contributed by atoms with Gasteiger partial charge in [0.25, 0.3) is 5.91 Å². The van der Waals surface area contributed by atoms with Gasteiger partial charge < -0.3 is 15.8 Å². The average molecular weight is 285 g/mol. The van der Waals surface area contributed by atoms with E-state index in [-0.39, 0.29) is 11.1 Å². The summed E-state index contributed by atoms with van der Waals surface area (Å²) in [6.45, 7) is 4.67. The van der Waals surface area contributed by atoms with Gasteiger partial charge in [-0.15, -0.1) is 0 Å². The van der Waals surface area contributed by atoms with Crippen molar-refractivity contribution in [1.29, 1.82) is 0 Å². The van der Waals surface area contributed by atoms with Gasteiger partial charge in [0, 0.05) is 26.2 Å². The lowest BCUT2D eigenvalue weighted by Crippen LogP contribution is -2.41. The molecule has 2 heterocycles. The highest BCUT2D eigenvalue weighted by Gasteiger charge is 2.13. The molecule has 0 aliphatic carbocycles. The number of aromatic nitrogens is 1. The first-order valence-electron chi connectivity index (χ1n) is 6.16. The van der Waals surface area contributed by atoms with Gasteiger partial charge in [0.1, 0.15) is 5.15 Å². The summed E-state index contributed by atoms with van der Waals surface area (Å²) in [5.41, 5.74) is 6.39. The van der Waals surface area contributed by atoms with Gasteiger partial charge in [-0.25, -0.2) is 4.98 Å². The summed E-state index contributed by atoms with van der Waals surface area (Å²) >= 11 is 5.75. The number of amides is 1. The van der Waals surface area contributed by atoms with E-state index in [1.54, 1.807) is 0 Å². The molecule has 2 rings (SSSR count). The molecular weight excluding hydrogens is 268 g/mol. The maximum absolute atomic E-state index is 11.9. The molecule has 0 radical (unpaired) electrons. The van der Waals surface area contributed by atoms with E-state index in [1.165, 1.54) is 12.3 Å². The van der Waals surface area contributed by atoms with Crippen LogP contribution in [-0.2, 0) is 4.74 Å². The zero-order valence-electron chi connectivity index (χ0n) is 10.6. The Morgan fingerprint density at radius 2 is 2.26 bits per heavy atom. The predicted molar refractivity (Wildman–Crippen MR) is 73.3 cm³/mol. The van der Waals surface area contributed by atoms with E-state index in [0.29, 0.717) is 17.8 Å². The van der Waals surface area contributed by atoms with Crippen molar-refractivity contribution in [1.82, 2.24) is 15.2 Å². The third kappa shape index (κ3) is 4.05. The van der Waals surface area contributed by atoms with Gasteiger partial charge in [0.05, 0.1) is 30.7 Å². The number of rotatable bonds is 4. The second kappa shape index (κ2) is 6.70. The highest BCUT2D eigenvalue weighted by Crippen LogP contribution is 2.14. The lowest BCUT2D eigenvalue weighted by Gasteiger charge is -2.26. The van der Waals surface area contributed by atoms with Crippen molar-refractivity contribution < 1.29 is 9.53 Å². The number of nitrogens with one attached hydrogen (secondary N) is 1. The number of nitrogens with zero attached hydrogens (tertiary/aromatic N) is 2. The molecule has 6 nitrogen and oxygen atoms in total. The van der Waals surface area contributed by atoms with E-state index in [2.05, 4.69) is 15.2 Å². The number of nitrogens with two attached hydrogens (primary N) is 1. The largest absolute Gasteiger partial charge is 0.397 e. The Morgan fingerprint density at radius 3 is 3.00 bits per heavy atom. The van der Waals surface area contributed by atoms with Crippen LogP contribution in [0.2, 0.25) is 5.15 Å². The Hall–Kier alpha value is -1.37. The lowest BCUT2D eigenvalue weighted by molar-refractivity contribution is 0.0383. The standard InChI is InChI=1S/C12H17ClN4O2/c13-11-7-9(10(14)8-16-11)12(18)15-1-2-17-3-5-19-6-4-17/h7-8H,1-6,14H2,(H,15,18). The fourth-order valence-corrected chi connectivity index (χ4v) is 2.04. The van der Waals surface area contributed by atoms with Crippen LogP contribution in [-0.4, -0.2) is 55.2 Å². The van der Waals surface area contributed by atoms with Crippen molar-refractivity contribution >= 4 is 23.2 Å². The Bertz CT molecular complexity index is 449. The Labute approximate surface area is 116 Å². The summed E-state index contributed by atoms with van der Waals surface area (Å²) < 4.78 is 5.26. The minimum Gasteiger partial charge on any atom is -0.397 e. The third-order valence-corrected chi connectivity index (χ3v) is 3.17.